The summed E-state index contributed by atoms with van der Waals surface area (Å²) in [5.41, 5.74) is 0. The van der Waals surface area contributed by atoms with Crippen LogP contribution in [0, 0.1) is 0 Å². The SMILES string of the molecule is CC(C)(C)SCCCC(=O)N1CCNCC1.Cl. The minimum Gasteiger partial charge on any atom is -0.340 e. The van der Waals surface area contributed by atoms with Crippen molar-refractivity contribution in [2.24, 2.45) is 0 Å². The first-order chi connectivity index (χ1) is 7.49. The molecule has 1 fully saturated rings. The molecule has 0 aromatic heterocycles. The number of piperazine rings is 1. The first kappa shape index (κ1) is 17.1. The van der Waals surface area contributed by atoms with Gasteiger partial charge in [-0.15, -0.1) is 12.4 Å². The molecule has 0 unspecified atom stereocenters. The summed E-state index contributed by atoms with van der Waals surface area (Å²) in [6, 6.07) is 0. The van der Waals surface area contributed by atoms with Crippen LogP contribution in [0.4, 0.5) is 0 Å². The topological polar surface area (TPSA) is 32.3 Å². The van der Waals surface area contributed by atoms with Crippen molar-refractivity contribution >= 4 is 30.1 Å². The number of amides is 1. The van der Waals surface area contributed by atoms with E-state index in [9.17, 15) is 4.79 Å². The second kappa shape index (κ2) is 8.22. The van der Waals surface area contributed by atoms with Gasteiger partial charge in [-0.3, -0.25) is 4.79 Å². The van der Waals surface area contributed by atoms with E-state index < -0.39 is 0 Å². The minimum atomic E-state index is 0. The van der Waals surface area contributed by atoms with Crippen molar-refractivity contribution < 1.29 is 4.79 Å². The predicted molar refractivity (Wildman–Crippen MR) is 78.1 cm³/mol. The van der Waals surface area contributed by atoms with Crippen molar-refractivity contribution in [3.05, 3.63) is 0 Å². The summed E-state index contributed by atoms with van der Waals surface area (Å²) in [5.74, 6) is 1.41. The van der Waals surface area contributed by atoms with Gasteiger partial charge in [-0.05, 0) is 12.2 Å². The van der Waals surface area contributed by atoms with E-state index in [4.69, 9.17) is 0 Å². The maximum atomic E-state index is 11.8. The standard InChI is InChI=1S/C12H24N2OS.ClH/c1-12(2,3)16-10-4-5-11(15)14-8-6-13-7-9-14;/h13H,4-10H2,1-3H3;1H. The molecule has 1 rings (SSSR count). The predicted octanol–water partition coefficient (Wildman–Crippen LogP) is 2.15. The second-order valence-corrected chi connectivity index (χ2v) is 7.12. The van der Waals surface area contributed by atoms with Gasteiger partial charge < -0.3 is 10.2 Å². The highest BCUT2D eigenvalue weighted by Crippen LogP contribution is 2.24. The van der Waals surface area contributed by atoms with E-state index >= 15 is 0 Å². The van der Waals surface area contributed by atoms with Crippen LogP contribution in [0.25, 0.3) is 0 Å². The van der Waals surface area contributed by atoms with Gasteiger partial charge in [0.15, 0.2) is 0 Å². The molecular weight excluding hydrogens is 256 g/mol. The van der Waals surface area contributed by atoms with E-state index in [2.05, 4.69) is 26.1 Å². The number of hydrogen-bond acceptors (Lipinski definition) is 3. The van der Waals surface area contributed by atoms with E-state index in [0.717, 1.165) is 38.4 Å². The average molecular weight is 281 g/mol. The zero-order valence-corrected chi connectivity index (χ0v) is 12.8. The third-order valence-corrected chi connectivity index (χ3v) is 3.90. The molecule has 1 N–H and O–H groups in total. The minimum absolute atomic E-state index is 0. The average Bonchev–Trinajstić information content (AvgIpc) is 2.24. The van der Waals surface area contributed by atoms with Gasteiger partial charge in [-0.2, -0.15) is 11.8 Å². The summed E-state index contributed by atoms with van der Waals surface area (Å²) in [7, 11) is 0. The Morgan fingerprint density at radius 3 is 2.41 bits per heavy atom. The van der Waals surface area contributed by atoms with E-state index in [1.54, 1.807) is 0 Å². The molecule has 1 amide bonds. The molecule has 0 spiro atoms. The molecule has 17 heavy (non-hydrogen) atoms. The monoisotopic (exact) mass is 280 g/mol. The lowest BCUT2D eigenvalue weighted by Crippen LogP contribution is -2.46. The lowest BCUT2D eigenvalue weighted by atomic mass is 10.2. The van der Waals surface area contributed by atoms with Gasteiger partial charge in [0.05, 0.1) is 0 Å². The van der Waals surface area contributed by atoms with Crippen molar-refractivity contribution in [2.45, 2.75) is 38.4 Å². The third-order valence-electron chi connectivity index (χ3n) is 2.54. The van der Waals surface area contributed by atoms with Gasteiger partial charge >= 0.3 is 0 Å². The zero-order valence-electron chi connectivity index (χ0n) is 11.1. The van der Waals surface area contributed by atoms with Gasteiger partial charge in [0.2, 0.25) is 5.91 Å². The Morgan fingerprint density at radius 2 is 1.88 bits per heavy atom. The van der Waals surface area contributed by atoms with Gasteiger partial charge in [0, 0.05) is 37.3 Å². The molecule has 0 bridgehead atoms. The van der Waals surface area contributed by atoms with Crippen LogP contribution in [-0.2, 0) is 4.79 Å². The molecule has 1 aliphatic heterocycles. The molecule has 102 valence electrons. The fourth-order valence-corrected chi connectivity index (χ4v) is 2.58. The fraction of sp³-hybridized carbons (Fsp3) is 0.917. The van der Waals surface area contributed by atoms with Crippen LogP contribution in [0.2, 0.25) is 0 Å². The fourth-order valence-electron chi connectivity index (χ4n) is 1.67. The summed E-state index contributed by atoms with van der Waals surface area (Å²) in [5, 5.41) is 3.26. The number of carbonyl (C=O) groups is 1. The van der Waals surface area contributed by atoms with Crippen molar-refractivity contribution in [1.29, 1.82) is 0 Å². The summed E-state index contributed by atoms with van der Waals surface area (Å²) >= 11 is 1.94. The Bertz CT molecular complexity index is 225. The molecule has 0 radical (unpaired) electrons. The van der Waals surface area contributed by atoms with Crippen molar-refractivity contribution in [1.82, 2.24) is 10.2 Å². The number of carbonyl (C=O) groups excluding carboxylic acids is 1. The van der Waals surface area contributed by atoms with Gasteiger partial charge in [-0.1, -0.05) is 20.8 Å². The Balaban J connectivity index is 0.00000256. The molecule has 1 heterocycles. The van der Waals surface area contributed by atoms with Crippen LogP contribution in [-0.4, -0.2) is 47.5 Å². The lowest BCUT2D eigenvalue weighted by molar-refractivity contribution is -0.131. The van der Waals surface area contributed by atoms with Crippen LogP contribution in [0.15, 0.2) is 0 Å². The van der Waals surface area contributed by atoms with Crippen molar-refractivity contribution in [2.75, 3.05) is 31.9 Å². The Hall–Kier alpha value is 0.0700. The molecule has 0 aromatic rings. The number of nitrogens with zero attached hydrogens (tertiary/aromatic N) is 1. The summed E-state index contributed by atoms with van der Waals surface area (Å²) in [4.78, 5) is 13.8. The van der Waals surface area contributed by atoms with Gasteiger partial charge in [0.1, 0.15) is 0 Å². The second-order valence-electron chi connectivity index (χ2n) is 5.20. The van der Waals surface area contributed by atoms with E-state index in [1.165, 1.54) is 0 Å². The molecule has 5 heteroatoms. The summed E-state index contributed by atoms with van der Waals surface area (Å²) in [6.45, 7) is 10.3. The first-order valence-corrected chi connectivity index (χ1v) is 7.10. The van der Waals surface area contributed by atoms with Crippen molar-refractivity contribution in [3.8, 4) is 0 Å². The summed E-state index contributed by atoms with van der Waals surface area (Å²) < 4.78 is 0.318. The van der Waals surface area contributed by atoms with E-state index in [-0.39, 0.29) is 12.4 Å². The highest BCUT2D eigenvalue weighted by Gasteiger charge is 2.16. The molecule has 1 aliphatic rings. The highest BCUT2D eigenvalue weighted by molar-refractivity contribution is 8.00. The molecule has 0 saturated carbocycles. The molecule has 1 saturated heterocycles. The van der Waals surface area contributed by atoms with Crippen LogP contribution in [0.5, 0.6) is 0 Å². The van der Waals surface area contributed by atoms with Crippen molar-refractivity contribution in [3.63, 3.8) is 0 Å². The van der Waals surface area contributed by atoms with Crippen LogP contribution in [0.3, 0.4) is 0 Å². The first-order valence-electron chi connectivity index (χ1n) is 6.11. The summed E-state index contributed by atoms with van der Waals surface area (Å²) in [6.07, 6.45) is 1.72. The largest absolute Gasteiger partial charge is 0.340 e. The molecular formula is C12H25ClN2OS. The highest BCUT2D eigenvalue weighted by atomic mass is 35.5. The van der Waals surface area contributed by atoms with Crippen LogP contribution in [0.1, 0.15) is 33.6 Å². The lowest BCUT2D eigenvalue weighted by Gasteiger charge is -2.27. The maximum absolute atomic E-state index is 11.8. The normalized spacial score (nSPS) is 16.5. The quantitative estimate of drug-likeness (QED) is 0.801. The number of rotatable bonds is 4. The molecule has 0 atom stereocenters. The molecule has 3 nitrogen and oxygen atoms in total. The van der Waals surface area contributed by atoms with Crippen LogP contribution >= 0.6 is 24.2 Å². The Kier molecular flexibility index (Phi) is 8.25. The van der Waals surface area contributed by atoms with E-state index in [0.29, 0.717) is 17.1 Å². The number of nitrogens with one attached hydrogen (secondary N) is 1. The van der Waals surface area contributed by atoms with Crippen LogP contribution < -0.4 is 5.32 Å². The zero-order chi connectivity index (χ0) is 12.0. The Morgan fingerprint density at radius 1 is 1.29 bits per heavy atom. The molecule has 0 aliphatic carbocycles. The number of halogens is 1. The molecule has 0 aromatic carbocycles. The Labute approximate surface area is 115 Å². The number of thioether (sulfide) groups is 1. The number of hydrogen-bond donors (Lipinski definition) is 1. The smallest absolute Gasteiger partial charge is 0.222 e. The van der Waals surface area contributed by atoms with Gasteiger partial charge in [0.25, 0.3) is 0 Å². The van der Waals surface area contributed by atoms with E-state index in [1.807, 2.05) is 16.7 Å². The third kappa shape index (κ3) is 7.90. The maximum Gasteiger partial charge on any atom is 0.222 e. The van der Waals surface area contributed by atoms with Gasteiger partial charge in [-0.25, -0.2) is 0 Å².